The van der Waals surface area contributed by atoms with E-state index in [1.54, 1.807) is 30.3 Å². The summed E-state index contributed by atoms with van der Waals surface area (Å²) in [4.78, 5) is 53.1. The standard InChI is InChI=1S/C25H23N3O11/c29-11-18-17(39-21(32)12-37-24(35)14-8-15(30)22(33)16(31)9-14)10-20(38-18)28-7-6-19(27-25(28)36)26-23(34)13-4-2-1-3-5-13/h1-9,17-18,20,29-31,33H,10-12H2,(H,26,27,34,36). The van der Waals surface area contributed by atoms with Crippen molar-refractivity contribution in [2.75, 3.05) is 18.5 Å². The number of phenolic OH excluding ortho intramolecular Hbond substituents is 3. The number of carbonyl (C=O) groups excluding carboxylic acids is 3. The quantitative estimate of drug-likeness (QED) is 0.197. The zero-order valence-electron chi connectivity index (χ0n) is 20.1. The molecule has 1 saturated heterocycles. The summed E-state index contributed by atoms with van der Waals surface area (Å²) < 4.78 is 16.8. The summed E-state index contributed by atoms with van der Waals surface area (Å²) in [6, 6.07) is 11.4. The first kappa shape index (κ1) is 27.1. The minimum absolute atomic E-state index is 0.0156. The van der Waals surface area contributed by atoms with Crippen molar-refractivity contribution >= 4 is 23.7 Å². The number of rotatable bonds is 8. The highest BCUT2D eigenvalue weighted by Gasteiger charge is 2.39. The van der Waals surface area contributed by atoms with E-state index >= 15 is 0 Å². The van der Waals surface area contributed by atoms with E-state index in [1.807, 2.05) is 0 Å². The molecule has 0 saturated carbocycles. The number of carbonyl (C=O) groups is 3. The third-order valence-corrected chi connectivity index (χ3v) is 5.69. The van der Waals surface area contributed by atoms with Crippen LogP contribution in [-0.4, -0.2) is 73.2 Å². The number of benzene rings is 2. The Hall–Kier alpha value is -4.95. The molecule has 0 radical (unpaired) electrons. The summed E-state index contributed by atoms with van der Waals surface area (Å²) in [5.74, 6) is -4.87. The Morgan fingerprint density at radius 1 is 1.05 bits per heavy atom. The van der Waals surface area contributed by atoms with Crippen LogP contribution in [0.25, 0.3) is 0 Å². The van der Waals surface area contributed by atoms with Crippen LogP contribution in [0.1, 0.15) is 33.4 Å². The molecule has 14 heteroatoms. The second kappa shape index (κ2) is 11.6. The molecule has 0 spiro atoms. The second-order valence-corrected chi connectivity index (χ2v) is 8.34. The van der Waals surface area contributed by atoms with E-state index in [0.717, 1.165) is 16.7 Å². The molecular formula is C25H23N3O11. The molecule has 3 unspecified atom stereocenters. The van der Waals surface area contributed by atoms with Crippen molar-refractivity contribution in [2.45, 2.75) is 24.9 Å². The molecule has 14 nitrogen and oxygen atoms in total. The highest BCUT2D eigenvalue weighted by Crippen LogP contribution is 2.35. The van der Waals surface area contributed by atoms with Gasteiger partial charge < -0.3 is 40.0 Å². The number of amides is 1. The molecule has 4 rings (SSSR count). The maximum absolute atomic E-state index is 12.6. The first-order chi connectivity index (χ1) is 18.7. The van der Waals surface area contributed by atoms with Gasteiger partial charge >= 0.3 is 17.6 Å². The minimum atomic E-state index is -1.09. The molecule has 1 amide bonds. The third kappa shape index (κ3) is 6.31. The predicted molar refractivity (Wildman–Crippen MR) is 130 cm³/mol. The van der Waals surface area contributed by atoms with E-state index in [2.05, 4.69) is 10.3 Å². The molecule has 1 fully saturated rings. The summed E-state index contributed by atoms with van der Waals surface area (Å²) in [5.41, 5.74) is -0.713. The number of aliphatic hydroxyl groups is 1. The van der Waals surface area contributed by atoms with Crippen LogP contribution < -0.4 is 11.0 Å². The number of esters is 2. The largest absolute Gasteiger partial charge is 0.504 e. The van der Waals surface area contributed by atoms with Crippen molar-refractivity contribution in [2.24, 2.45) is 0 Å². The maximum Gasteiger partial charge on any atom is 0.351 e. The predicted octanol–water partition coefficient (Wildman–Crippen LogP) is 0.661. The summed E-state index contributed by atoms with van der Waals surface area (Å²) in [7, 11) is 0. The first-order valence-electron chi connectivity index (χ1n) is 11.5. The number of nitrogens with one attached hydrogen (secondary N) is 1. The van der Waals surface area contributed by atoms with Crippen LogP contribution in [0.15, 0.2) is 59.5 Å². The Bertz CT molecular complexity index is 1420. The summed E-state index contributed by atoms with van der Waals surface area (Å²) in [5, 5.41) is 40.5. The van der Waals surface area contributed by atoms with Crippen molar-refractivity contribution in [3.63, 3.8) is 0 Å². The third-order valence-electron chi connectivity index (χ3n) is 5.69. The van der Waals surface area contributed by atoms with Gasteiger partial charge in [-0.2, -0.15) is 4.98 Å². The maximum atomic E-state index is 12.6. The van der Waals surface area contributed by atoms with Gasteiger partial charge in [-0.25, -0.2) is 14.4 Å². The molecule has 2 aromatic carbocycles. The molecule has 2 heterocycles. The van der Waals surface area contributed by atoms with Gasteiger partial charge in [-0.3, -0.25) is 9.36 Å². The zero-order valence-corrected chi connectivity index (χ0v) is 20.1. The lowest BCUT2D eigenvalue weighted by Gasteiger charge is -2.16. The van der Waals surface area contributed by atoms with E-state index in [-0.39, 0.29) is 17.8 Å². The molecule has 1 aromatic heterocycles. The fourth-order valence-electron chi connectivity index (χ4n) is 3.77. The first-order valence-corrected chi connectivity index (χ1v) is 11.5. The Morgan fingerprint density at radius 3 is 2.38 bits per heavy atom. The molecule has 0 aliphatic carbocycles. The normalized spacial score (nSPS) is 18.3. The molecule has 204 valence electrons. The number of aromatic hydroxyl groups is 3. The lowest BCUT2D eigenvalue weighted by atomic mass is 10.2. The molecule has 3 aromatic rings. The monoisotopic (exact) mass is 541 g/mol. The molecule has 5 N–H and O–H groups in total. The topological polar surface area (TPSA) is 207 Å². The Labute approximate surface area is 219 Å². The van der Waals surface area contributed by atoms with Crippen LogP contribution >= 0.6 is 0 Å². The zero-order chi connectivity index (χ0) is 28.1. The summed E-state index contributed by atoms with van der Waals surface area (Å²) in [6.07, 6.45) is -1.66. The van der Waals surface area contributed by atoms with Crippen molar-refractivity contribution in [3.05, 3.63) is 76.3 Å². The average molecular weight is 541 g/mol. The van der Waals surface area contributed by atoms with Crippen LogP contribution in [0, 0.1) is 0 Å². The van der Waals surface area contributed by atoms with E-state index in [0.29, 0.717) is 5.56 Å². The van der Waals surface area contributed by atoms with Crippen molar-refractivity contribution in [3.8, 4) is 17.2 Å². The van der Waals surface area contributed by atoms with Gasteiger partial charge in [0, 0.05) is 18.2 Å². The Kier molecular flexibility index (Phi) is 8.07. The number of nitrogens with zero attached hydrogens (tertiary/aromatic N) is 2. The number of anilines is 1. The van der Waals surface area contributed by atoms with Crippen LogP contribution in [0.3, 0.4) is 0 Å². The molecule has 1 aliphatic rings. The lowest BCUT2D eigenvalue weighted by Crippen LogP contribution is -2.31. The Morgan fingerprint density at radius 2 is 1.74 bits per heavy atom. The van der Waals surface area contributed by atoms with Gasteiger partial charge in [0.1, 0.15) is 24.3 Å². The number of aliphatic hydroxyl groups excluding tert-OH is 1. The number of hydrogen-bond acceptors (Lipinski definition) is 12. The Balaban J connectivity index is 1.35. The number of phenols is 3. The van der Waals surface area contributed by atoms with Gasteiger partial charge in [0.25, 0.3) is 5.91 Å². The van der Waals surface area contributed by atoms with Gasteiger partial charge in [0.15, 0.2) is 23.9 Å². The van der Waals surface area contributed by atoms with Crippen molar-refractivity contribution in [1.82, 2.24) is 9.55 Å². The fourth-order valence-corrected chi connectivity index (χ4v) is 3.77. The van der Waals surface area contributed by atoms with Crippen LogP contribution in [-0.2, 0) is 19.0 Å². The smallest absolute Gasteiger partial charge is 0.351 e. The summed E-state index contributed by atoms with van der Waals surface area (Å²) >= 11 is 0. The van der Waals surface area contributed by atoms with Gasteiger partial charge in [-0.1, -0.05) is 18.2 Å². The SMILES string of the molecule is O=C(COC(=O)c1cc(O)c(O)c(O)c1)OC1CC(n2ccc(NC(=O)c3ccccc3)nc2=O)OC1CO. The number of ether oxygens (including phenoxy) is 3. The van der Waals surface area contributed by atoms with Gasteiger partial charge in [0.2, 0.25) is 0 Å². The van der Waals surface area contributed by atoms with Crippen LogP contribution in [0.4, 0.5) is 5.82 Å². The van der Waals surface area contributed by atoms with Crippen LogP contribution in [0.2, 0.25) is 0 Å². The average Bonchev–Trinajstić information content (AvgIpc) is 3.32. The van der Waals surface area contributed by atoms with Gasteiger partial charge in [-0.15, -0.1) is 0 Å². The van der Waals surface area contributed by atoms with Gasteiger partial charge in [0.05, 0.1) is 12.2 Å². The van der Waals surface area contributed by atoms with Crippen LogP contribution in [0.5, 0.6) is 17.2 Å². The van der Waals surface area contributed by atoms with E-state index in [9.17, 15) is 39.6 Å². The van der Waals surface area contributed by atoms with Crippen molar-refractivity contribution < 1.29 is 49.0 Å². The molecule has 0 bridgehead atoms. The van der Waals surface area contributed by atoms with Gasteiger partial charge in [-0.05, 0) is 30.3 Å². The highest BCUT2D eigenvalue weighted by molar-refractivity contribution is 6.03. The minimum Gasteiger partial charge on any atom is -0.504 e. The highest BCUT2D eigenvalue weighted by atomic mass is 16.6. The number of aromatic nitrogens is 2. The van der Waals surface area contributed by atoms with Crippen molar-refractivity contribution in [1.29, 1.82) is 0 Å². The summed E-state index contributed by atoms with van der Waals surface area (Å²) in [6.45, 7) is -1.40. The molecule has 39 heavy (non-hydrogen) atoms. The van der Waals surface area contributed by atoms with E-state index < -0.39 is 72.4 Å². The van der Waals surface area contributed by atoms with E-state index in [1.165, 1.54) is 12.3 Å². The lowest BCUT2D eigenvalue weighted by molar-refractivity contribution is -0.156. The second-order valence-electron chi connectivity index (χ2n) is 8.34. The van der Waals surface area contributed by atoms with E-state index in [4.69, 9.17) is 14.2 Å². The number of hydrogen-bond donors (Lipinski definition) is 5. The molecule has 3 atom stereocenters. The molecule has 1 aliphatic heterocycles. The molecular weight excluding hydrogens is 518 g/mol. The fraction of sp³-hybridized carbons (Fsp3) is 0.240.